The van der Waals surface area contributed by atoms with E-state index >= 15 is 0 Å². The van der Waals surface area contributed by atoms with Crippen molar-refractivity contribution in [2.45, 2.75) is 63.5 Å². The molecule has 0 radical (unpaired) electrons. The van der Waals surface area contributed by atoms with Gasteiger partial charge >= 0.3 is 0 Å². The number of nitrogens with one attached hydrogen (secondary N) is 1. The Kier molecular flexibility index (Phi) is 4.51. The fraction of sp³-hybridized carbons (Fsp3) is 0.520. The van der Waals surface area contributed by atoms with Crippen molar-refractivity contribution in [3.8, 4) is 0 Å². The van der Waals surface area contributed by atoms with E-state index in [2.05, 4.69) is 67.1 Å². The maximum atomic E-state index is 5.12. The zero-order valence-electron chi connectivity index (χ0n) is 18.9. The second-order valence-corrected chi connectivity index (χ2v) is 10.7. The number of hydrogen-bond donors (Lipinski definition) is 1. The number of piperidine rings is 1. The molecule has 4 heterocycles. The molecule has 2 aliphatic heterocycles. The molecule has 1 N–H and O–H groups in total. The summed E-state index contributed by atoms with van der Waals surface area (Å²) < 4.78 is 0. The van der Waals surface area contributed by atoms with Gasteiger partial charge < -0.3 is 14.8 Å². The highest BCUT2D eigenvalue weighted by Crippen LogP contribution is 2.47. The van der Waals surface area contributed by atoms with Crippen LogP contribution in [0.15, 0.2) is 29.4 Å². The minimum absolute atomic E-state index is 0.225. The van der Waals surface area contributed by atoms with Crippen LogP contribution in [0.1, 0.15) is 68.2 Å². The third-order valence-corrected chi connectivity index (χ3v) is 8.80. The molecule has 162 valence electrons. The van der Waals surface area contributed by atoms with Crippen LogP contribution in [-0.2, 0) is 0 Å². The highest BCUT2D eigenvalue weighted by Gasteiger charge is 2.34. The molecule has 1 saturated carbocycles. The minimum atomic E-state index is 0.225. The summed E-state index contributed by atoms with van der Waals surface area (Å²) in [6.07, 6.45) is 7.11. The molecule has 6 rings (SSSR count). The molecule has 3 atom stereocenters. The van der Waals surface area contributed by atoms with E-state index in [1.165, 1.54) is 47.7 Å². The SMILES string of the molecule is CC1C(c2ccc(C3CC3)c3cc[nH]c23)=Nc2sc(N(C)C3CCN(C)C(C)C3)nc21. The number of nitrogens with zero attached hydrogens (tertiary/aromatic N) is 4. The highest BCUT2D eigenvalue weighted by molar-refractivity contribution is 7.19. The first-order valence-corrected chi connectivity index (χ1v) is 12.5. The van der Waals surface area contributed by atoms with Crippen LogP contribution >= 0.6 is 11.3 Å². The second kappa shape index (κ2) is 7.17. The Balaban J connectivity index is 1.30. The smallest absolute Gasteiger partial charge is 0.187 e. The Morgan fingerprint density at radius 2 is 2.00 bits per heavy atom. The molecule has 3 unspecified atom stereocenters. The molecule has 31 heavy (non-hydrogen) atoms. The fourth-order valence-electron chi connectivity index (χ4n) is 5.37. The quantitative estimate of drug-likeness (QED) is 0.578. The van der Waals surface area contributed by atoms with Crippen molar-refractivity contribution in [2.24, 2.45) is 4.99 Å². The van der Waals surface area contributed by atoms with Gasteiger partial charge in [0.1, 0.15) is 5.00 Å². The standard InChI is InChI=1S/C25H31N5S/c1-14-13-17(10-12-29(14)3)30(4)25-28-22-15(2)21(27-24(22)31-25)20-8-7-18(16-5-6-16)19-9-11-26-23(19)20/h7-9,11,14-17,26H,5-6,10,12-13H2,1-4H3. The molecule has 0 amide bonds. The first kappa shape index (κ1) is 19.5. The van der Waals surface area contributed by atoms with Gasteiger partial charge in [0, 0.05) is 48.7 Å². The van der Waals surface area contributed by atoms with Gasteiger partial charge in [-0.3, -0.25) is 0 Å². The van der Waals surface area contributed by atoms with E-state index in [1.807, 2.05) is 0 Å². The molecule has 1 aromatic carbocycles. The van der Waals surface area contributed by atoms with Crippen molar-refractivity contribution in [3.05, 3.63) is 41.2 Å². The van der Waals surface area contributed by atoms with Gasteiger partial charge in [-0.2, -0.15) is 0 Å². The van der Waals surface area contributed by atoms with E-state index in [0.29, 0.717) is 12.1 Å². The lowest BCUT2D eigenvalue weighted by Crippen LogP contribution is -2.46. The number of aromatic nitrogens is 2. The number of hydrogen-bond acceptors (Lipinski definition) is 5. The number of fused-ring (bicyclic) bond motifs is 2. The molecular formula is C25H31N5S. The number of rotatable bonds is 4. The number of H-pyrrole nitrogens is 1. The number of thiazole rings is 1. The topological polar surface area (TPSA) is 47.5 Å². The summed E-state index contributed by atoms with van der Waals surface area (Å²) >= 11 is 1.76. The van der Waals surface area contributed by atoms with E-state index in [4.69, 9.17) is 9.98 Å². The average molecular weight is 434 g/mol. The van der Waals surface area contributed by atoms with E-state index in [-0.39, 0.29) is 5.92 Å². The summed E-state index contributed by atoms with van der Waals surface area (Å²) in [6.45, 7) is 5.74. The Morgan fingerprint density at radius 3 is 2.74 bits per heavy atom. The maximum absolute atomic E-state index is 5.12. The predicted molar refractivity (Wildman–Crippen MR) is 131 cm³/mol. The zero-order chi connectivity index (χ0) is 21.3. The van der Waals surface area contributed by atoms with Gasteiger partial charge in [0.25, 0.3) is 0 Å². The monoisotopic (exact) mass is 433 g/mol. The highest BCUT2D eigenvalue weighted by atomic mass is 32.1. The van der Waals surface area contributed by atoms with Crippen LogP contribution in [-0.4, -0.2) is 53.3 Å². The van der Waals surface area contributed by atoms with E-state index < -0.39 is 0 Å². The molecule has 2 fully saturated rings. The summed E-state index contributed by atoms with van der Waals surface area (Å²) in [4.78, 5) is 18.6. The van der Waals surface area contributed by atoms with Crippen molar-refractivity contribution in [3.63, 3.8) is 0 Å². The second-order valence-electron chi connectivity index (χ2n) is 9.77. The van der Waals surface area contributed by atoms with Crippen LogP contribution in [0.3, 0.4) is 0 Å². The minimum Gasteiger partial charge on any atom is -0.361 e. The third kappa shape index (κ3) is 3.14. The van der Waals surface area contributed by atoms with Gasteiger partial charge in [0.15, 0.2) is 5.13 Å². The molecule has 0 bridgehead atoms. The van der Waals surface area contributed by atoms with E-state index in [9.17, 15) is 0 Å². The van der Waals surface area contributed by atoms with Gasteiger partial charge in [-0.05, 0) is 57.2 Å². The molecule has 5 nitrogen and oxygen atoms in total. The van der Waals surface area contributed by atoms with Gasteiger partial charge in [-0.15, -0.1) is 0 Å². The third-order valence-electron chi connectivity index (χ3n) is 7.75. The van der Waals surface area contributed by atoms with Crippen molar-refractivity contribution >= 4 is 38.1 Å². The lowest BCUT2D eigenvalue weighted by Gasteiger charge is -2.39. The van der Waals surface area contributed by atoms with Gasteiger partial charge in [0.2, 0.25) is 0 Å². The molecule has 0 spiro atoms. The summed E-state index contributed by atoms with van der Waals surface area (Å²) in [7, 11) is 4.44. The average Bonchev–Trinajstić information content (AvgIpc) is 3.20. The Morgan fingerprint density at radius 1 is 1.16 bits per heavy atom. The van der Waals surface area contributed by atoms with Gasteiger partial charge in [0.05, 0.1) is 16.9 Å². The Bertz CT molecular complexity index is 1170. The number of benzene rings is 1. The van der Waals surface area contributed by atoms with Crippen molar-refractivity contribution in [2.75, 3.05) is 25.5 Å². The molecule has 2 aromatic heterocycles. The Hall–Kier alpha value is -2.18. The number of anilines is 1. The molecule has 1 aliphatic carbocycles. The van der Waals surface area contributed by atoms with Crippen molar-refractivity contribution < 1.29 is 0 Å². The van der Waals surface area contributed by atoms with Crippen LogP contribution in [0.5, 0.6) is 0 Å². The van der Waals surface area contributed by atoms with Crippen LogP contribution in [0.25, 0.3) is 10.9 Å². The molecule has 6 heteroatoms. The molecule has 3 aromatic rings. The first-order valence-electron chi connectivity index (χ1n) is 11.6. The summed E-state index contributed by atoms with van der Waals surface area (Å²) in [5.74, 6) is 0.974. The van der Waals surface area contributed by atoms with Gasteiger partial charge in [-0.25, -0.2) is 9.98 Å². The number of aliphatic imine (C=N–C) groups is 1. The fourth-order valence-corrected chi connectivity index (χ4v) is 6.45. The van der Waals surface area contributed by atoms with Crippen LogP contribution in [0.4, 0.5) is 10.1 Å². The van der Waals surface area contributed by atoms with E-state index in [1.54, 1.807) is 11.3 Å². The van der Waals surface area contributed by atoms with Gasteiger partial charge in [-0.1, -0.05) is 30.4 Å². The molecule has 3 aliphatic rings. The Labute approximate surface area is 188 Å². The zero-order valence-corrected chi connectivity index (χ0v) is 19.7. The normalized spacial score (nSPS) is 26.3. The molecular weight excluding hydrogens is 402 g/mol. The lowest BCUT2D eigenvalue weighted by atomic mass is 9.93. The summed E-state index contributed by atoms with van der Waals surface area (Å²) in [6, 6.07) is 8.03. The summed E-state index contributed by atoms with van der Waals surface area (Å²) in [5.41, 5.74) is 6.28. The predicted octanol–water partition coefficient (Wildman–Crippen LogP) is 5.66. The number of likely N-dealkylation sites (tertiary alicyclic amines) is 1. The molecule has 1 saturated heterocycles. The van der Waals surface area contributed by atoms with Crippen molar-refractivity contribution in [1.82, 2.24) is 14.9 Å². The number of aromatic amines is 1. The first-order chi connectivity index (χ1) is 15.0. The van der Waals surface area contributed by atoms with Crippen molar-refractivity contribution in [1.29, 1.82) is 0 Å². The van der Waals surface area contributed by atoms with Crippen LogP contribution in [0.2, 0.25) is 0 Å². The largest absolute Gasteiger partial charge is 0.361 e. The maximum Gasteiger partial charge on any atom is 0.187 e. The summed E-state index contributed by atoms with van der Waals surface area (Å²) in [5, 5.41) is 3.58. The lowest BCUT2D eigenvalue weighted by molar-refractivity contribution is 0.181. The van der Waals surface area contributed by atoms with E-state index in [0.717, 1.165) is 34.0 Å². The van der Waals surface area contributed by atoms with Crippen LogP contribution in [0, 0.1) is 0 Å². The van der Waals surface area contributed by atoms with Crippen LogP contribution < -0.4 is 4.90 Å².